The van der Waals surface area contributed by atoms with Crippen molar-refractivity contribution in [1.29, 1.82) is 0 Å². The molecule has 0 saturated heterocycles. The third-order valence-electron chi connectivity index (χ3n) is 2.45. The number of nitrogens with one attached hydrogen (secondary N) is 1. The zero-order chi connectivity index (χ0) is 12.7. The second-order valence-corrected chi connectivity index (χ2v) is 4.90. The lowest BCUT2D eigenvalue weighted by atomic mass is 10.1. The van der Waals surface area contributed by atoms with Crippen LogP contribution in [-0.4, -0.2) is 24.2 Å². The van der Waals surface area contributed by atoms with Crippen molar-refractivity contribution in [3.8, 4) is 0 Å². The fourth-order valence-corrected chi connectivity index (χ4v) is 2.67. The molecule has 4 nitrogen and oxygen atoms in total. The SMILES string of the molecule is CCNC(=O)CSC(c1ccco1)C(N)CC. The summed E-state index contributed by atoms with van der Waals surface area (Å²) in [7, 11) is 0. The lowest BCUT2D eigenvalue weighted by Gasteiger charge is -2.20. The van der Waals surface area contributed by atoms with E-state index in [2.05, 4.69) is 5.32 Å². The highest BCUT2D eigenvalue weighted by Crippen LogP contribution is 2.32. The van der Waals surface area contributed by atoms with Gasteiger partial charge in [-0.2, -0.15) is 0 Å². The van der Waals surface area contributed by atoms with E-state index in [4.69, 9.17) is 10.2 Å². The summed E-state index contributed by atoms with van der Waals surface area (Å²) in [6, 6.07) is 3.75. The molecule has 3 N–H and O–H groups in total. The number of carbonyl (C=O) groups is 1. The molecular weight excluding hydrogens is 236 g/mol. The van der Waals surface area contributed by atoms with Crippen LogP contribution in [0.5, 0.6) is 0 Å². The Hall–Kier alpha value is -0.940. The quantitative estimate of drug-likeness (QED) is 0.782. The molecule has 1 aromatic heterocycles. The van der Waals surface area contributed by atoms with Gasteiger partial charge in [0.1, 0.15) is 5.76 Å². The van der Waals surface area contributed by atoms with Gasteiger partial charge in [0.15, 0.2) is 0 Å². The van der Waals surface area contributed by atoms with Crippen LogP contribution in [0.2, 0.25) is 0 Å². The first-order chi connectivity index (χ1) is 8.19. The van der Waals surface area contributed by atoms with Crippen molar-refractivity contribution in [2.75, 3.05) is 12.3 Å². The maximum absolute atomic E-state index is 11.4. The number of carbonyl (C=O) groups excluding carboxylic acids is 1. The maximum atomic E-state index is 11.4. The molecule has 0 aliphatic carbocycles. The smallest absolute Gasteiger partial charge is 0.230 e. The largest absolute Gasteiger partial charge is 0.468 e. The van der Waals surface area contributed by atoms with Crippen molar-refractivity contribution >= 4 is 17.7 Å². The third kappa shape index (κ3) is 4.44. The fraction of sp³-hybridized carbons (Fsp3) is 0.583. The van der Waals surface area contributed by atoms with E-state index >= 15 is 0 Å². The number of furan rings is 1. The summed E-state index contributed by atoms with van der Waals surface area (Å²) in [6.45, 7) is 4.60. The normalized spacial score (nSPS) is 14.3. The predicted octanol–water partition coefficient (Wildman–Crippen LogP) is 1.93. The Morgan fingerprint density at radius 2 is 2.35 bits per heavy atom. The minimum Gasteiger partial charge on any atom is -0.468 e. The summed E-state index contributed by atoms with van der Waals surface area (Å²) in [5.41, 5.74) is 6.06. The summed E-state index contributed by atoms with van der Waals surface area (Å²) < 4.78 is 5.38. The van der Waals surface area contributed by atoms with Crippen LogP contribution in [0.15, 0.2) is 22.8 Å². The van der Waals surface area contributed by atoms with E-state index in [0.29, 0.717) is 12.3 Å². The molecular formula is C12H20N2O2S. The molecule has 0 aliphatic heterocycles. The molecule has 0 aliphatic rings. The molecule has 0 radical (unpaired) electrons. The number of amides is 1. The standard InChI is InChI=1S/C12H20N2O2S/c1-3-9(13)12(10-6-5-7-16-10)17-8-11(15)14-4-2/h5-7,9,12H,3-4,8,13H2,1-2H3,(H,14,15). The van der Waals surface area contributed by atoms with Gasteiger partial charge in [0, 0.05) is 12.6 Å². The van der Waals surface area contributed by atoms with Crippen LogP contribution in [-0.2, 0) is 4.79 Å². The Bertz CT molecular complexity index is 327. The number of thioether (sulfide) groups is 1. The zero-order valence-electron chi connectivity index (χ0n) is 10.3. The van der Waals surface area contributed by atoms with Gasteiger partial charge < -0.3 is 15.5 Å². The van der Waals surface area contributed by atoms with E-state index in [0.717, 1.165) is 12.2 Å². The zero-order valence-corrected chi connectivity index (χ0v) is 11.1. The molecule has 1 amide bonds. The van der Waals surface area contributed by atoms with Crippen LogP contribution in [0.1, 0.15) is 31.3 Å². The molecule has 0 saturated carbocycles. The van der Waals surface area contributed by atoms with E-state index in [1.165, 1.54) is 11.8 Å². The third-order valence-corrected chi connectivity index (χ3v) is 3.82. The van der Waals surface area contributed by atoms with Crippen molar-refractivity contribution < 1.29 is 9.21 Å². The van der Waals surface area contributed by atoms with Gasteiger partial charge in [-0.05, 0) is 25.5 Å². The van der Waals surface area contributed by atoms with Crippen LogP contribution < -0.4 is 11.1 Å². The molecule has 0 bridgehead atoms. The highest BCUT2D eigenvalue weighted by molar-refractivity contribution is 8.00. The van der Waals surface area contributed by atoms with Gasteiger partial charge in [0.25, 0.3) is 0 Å². The van der Waals surface area contributed by atoms with E-state index in [-0.39, 0.29) is 17.2 Å². The monoisotopic (exact) mass is 256 g/mol. The molecule has 5 heteroatoms. The first-order valence-electron chi connectivity index (χ1n) is 5.86. The van der Waals surface area contributed by atoms with Gasteiger partial charge >= 0.3 is 0 Å². The van der Waals surface area contributed by atoms with Crippen LogP contribution in [0, 0.1) is 0 Å². The molecule has 1 rings (SSSR count). The minimum absolute atomic E-state index is 0.000534. The summed E-state index contributed by atoms with van der Waals surface area (Å²) >= 11 is 1.53. The van der Waals surface area contributed by atoms with Crippen LogP contribution in [0.4, 0.5) is 0 Å². The number of rotatable bonds is 7. The lowest BCUT2D eigenvalue weighted by molar-refractivity contribution is -0.118. The molecule has 17 heavy (non-hydrogen) atoms. The number of hydrogen-bond acceptors (Lipinski definition) is 4. The van der Waals surface area contributed by atoms with Crippen molar-refractivity contribution in [1.82, 2.24) is 5.32 Å². The molecule has 0 fully saturated rings. The van der Waals surface area contributed by atoms with Gasteiger partial charge in [-0.3, -0.25) is 4.79 Å². The van der Waals surface area contributed by atoms with Gasteiger partial charge in [-0.25, -0.2) is 0 Å². The van der Waals surface area contributed by atoms with E-state index in [9.17, 15) is 4.79 Å². The second kappa shape index (κ2) is 7.40. The number of hydrogen-bond donors (Lipinski definition) is 2. The van der Waals surface area contributed by atoms with E-state index < -0.39 is 0 Å². The molecule has 0 aromatic carbocycles. The second-order valence-electron chi connectivity index (χ2n) is 3.77. The van der Waals surface area contributed by atoms with Gasteiger partial charge in [0.2, 0.25) is 5.91 Å². The summed E-state index contributed by atoms with van der Waals surface area (Å²) in [6.07, 6.45) is 2.49. The van der Waals surface area contributed by atoms with Crippen molar-refractivity contribution in [2.45, 2.75) is 31.6 Å². The molecule has 1 heterocycles. The molecule has 2 unspecified atom stereocenters. The van der Waals surface area contributed by atoms with Crippen LogP contribution >= 0.6 is 11.8 Å². The maximum Gasteiger partial charge on any atom is 0.230 e. The lowest BCUT2D eigenvalue weighted by Crippen LogP contribution is -2.29. The topological polar surface area (TPSA) is 68.3 Å². The minimum atomic E-state index is 0.000534. The molecule has 2 atom stereocenters. The Labute approximate surface area is 106 Å². The molecule has 0 spiro atoms. The summed E-state index contributed by atoms with van der Waals surface area (Å²) in [5, 5.41) is 2.81. The van der Waals surface area contributed by atoms with Gasteiger partial charge in [-0.1, -0.05) is 6.92 Å². The molecule has 96 valence electrons. The Kier molecular flexibility index (Phi) is 6.15. The van der Waals surface area contributed by atoms with Crippen molar-refractivity contribution in [3.63, 3.8) is 0 Å². The number of nitrogens with two attached hydrogens (primary N) is 1. The predicted molar refractivity (Wildman–Crippen MR) is 70.9 cm³/mol. The van der Waals surface area contributed by atoms with Crippen molar-refractivity contribution in [2.24, 2.45) is 5.73 Å². The Balaban J connectivity index is 2.56. The Morgan fingerprint density at radius 1 is 1.59 bits per heavy atom. The summed E-state index contributed by atoms with van der Waals surface area (Å²) in [4.78, 5) is 11.4. The highest BCUT2D eigenvalue weighted by Gasteiger charge is 2.22. The van der Waals surface area contributed by atoms with Crippen LogP contribution in [0.25, 0.3) is 0 Å². The first-order valence-corrected chi connectivity index (χ1v) is 6.91. The van der Waals surface area contributed by atoms with Crippen molar-refractivity contribution in [3.05, 3.63) is 24.2 Å². The van der Waals surface area contributed by atoms with Gasteiger partial charge in [0.05, 0.1) is 17.3 Å². The molecule has 1 aromatic rings. The average molecular weight is 256 g/mol. The highest BCUT2D eigenvalue weighted by atomic mass is 32.2. The van der Waals surface area contributed by atoms with E-state index in [1.54, 1.807) is 6.26 Å². The Morgan fingerprint density at radius 3 is 2.88 bits per heavy atom. The fourth-order valence-electron chi connectivity index (χ4n) is 1.50. The average Bonchev–Trinajstić information content (AvgIpc) is 2.83. The summed E-state index contributed by atoms with van der Waals surface area (Å²) in [5.74, 6) is 1.29. The van der Waals surface area contributed by atoms with Crippen LogP contribution in [0.3, 0.4) is 0 Å². The first kappa shape index (κ1) is 14.1. The van der Waals surface area contributed by atoms with E-state index in [1.807, 2.05) is 26.0 Å². The van der Waals surface area contributed by atoms with Gasteiger partial charge in [-0.15, -0.1) is 11.8 Å².